The molecule has 110 valence electrons. The van der Waals surface area contributed by atoms with Crippen molar-refractivity contribution >= 4 is 0 Å². The van der Waals surface area contributed by atoms with Crippen molar-refractivity contribution in [2.75, 3.05) is 0 Å². The van der Waals surface area contributed by atoms with Crippen LogP contribution in [0.5, 0.6) is 0 Å². The second-order valence-electron chi connectivity index (χ2n) is 8.69. The van der Waals surface area contributed by atoms with Crippen LogP contribution in [0.15, 0.2) is 12.1 Å². The molecular formula is C18H28N2. The maximum Gasteiger partial charge on any atom is 0.0388 e. The Hall–Kier alpha value is -0.860. The van der Waals surface area contributed by atoms with Crippen molar-refractivity contribution in [3.8, 4) is 0 Å². The van der Waals surface area contributed by atoms with Crippen LogP contribution in [0.25, 0.3) is 0 Å². The van der Waals surface area contributed by atoms with Gasteiger partial charge in [0.1, 0.15) is 0 Å². The molecule has 0 aromatic heterocycles. The smallest absolute Gasteiger partial charge is 0.0388 e. The molecule has 0 amide bonds. The van der Waals surface area contributed by atoms with Crippen LogP contribution in [0.1, 0.15) is 77.6 Å². The maximum atomic E-state index is 3.77. The van der Waals surface area contributed by atoms with E-state index in [4.69, 9.17) is 0 Å². The van der Waals surface area contributed by atoms with E-state index >= 15 is 0 Å². The van der Waals surface area contributed by atoms with Crippen LogP contribution in [-0.4, -0.2) is 0 Å². The number of hydrogen-bond acceptors (Lipinski definition) is 2. The molecule has 0 radical (unpaired) electrons. The quantitative estimate of drug-likeness (QED) is 0.750. The molecule has 0 spiro atoms. The Kier molecular flexibility index (Phi) is 2.45. The van der Waals surface area contributed by atoms with Crippen LogP contribution in [0, 0.1) is 0 Å². The Morgan fingerprint density at radius 1 is 0.500 bits per heavy atom. The first kappa shape index (κ1) is 14.1. The monoisotopic (exact) mass is 272 g/mol. The summed E-state index contributed by atoms with van der Waals surface area (Å²) < 4.78 is 0. The standard InChI is InChI=1S/C18H28N2/c1-15(2)11-9-13-14(10-12(11)16(3,4)19-15)18(7,8)20-17(13,5)6/h9-10,19-20H,1-8H3. The van der Waals surface area contributed by atoms with Gasteiger partial charge in [-0.05, 0) is 77.6 Å². The van der Waals surface area contributed by atoms with Crippen LogP contribution < -0.4 is 10.6 Å². The minimum Gasteiger partial charge on any atom is -0.299 e. The molecule has 0 fully saturated rings. The van der Waals surface area contributed by atoms with Crippen LogP contribution in [0.4, 0.5) is 0 Å². The number of rotatable bonds is 0. The Morgan fingerprint density at radius 3 is 0.900 bits per heavy atom. The van der Waals surface area contributed by atoms with Gasteiger partial charge in [-0.3, -0.25) is 10.6 Å². The molecule has 1 aromatic rings. The van der Waals surface area contributed by atoms with Crippen molar-refractivity contribution in [3.63, 3.8) is 0 Å². The highest BCUT2D eigenvalue weighted by molar-refractivity contribution is 5.54. The van der Waals surface area contributed by atoms with Crippen LogP contribution >= 0.6 is 0 Å². The summed E-state index contributed by atoms with van der Waals surface area (Å²) in [6.45, 7) is 18.3. The van der Waals surface area contributed by atoms with E-state index in [0.717, 1.165) is 0 Å². The zero-order chi connectivity index (χ0) is 15.1. The predicted octanol–water partition coefficient (Wildman–Crippen LogP) is 3.83. The van der Waals surface area contributed by atoms with E-state index in [1.165, 1.54) is 22.3 Å². The molecule has 1 aromatic carbocycles. The minimum atomic E-state index is 0.0384. The van der Waals surface area contributed by atoms with Crippen LogP contribution in [-0.2, 0) is 22.2 Å². The zero-order valence-electron chi connectivity index (χ0n) is 14.2. The second kappa shape index (κ2) is 3.48. The lowest BCUT2D eigenvalue weighted by Gasteiger charge is -2.27. The SMILES string of the molecule is CC1(C)NC(C)(C)c2cc3c(cc21)C(C)(C)NC3(C)C. The molecule has 2 heterocycles. The lowest BCUT2D eigenvalue weighted by atomic mass is 9.81. The minimum absolute atomic E-state index is 0.0384. The predicted molar refractivity (Wildman–Crippen MR) is 84.8 cm³/mol. The van der Waals surface area contributed by atoms with Gasteiger partial charge in [0.15, 0.2) is 0 Å². The topological polar surface area (TPSA) is 24.1 Å². The van der Waals surface area contributed by atoms with Gasteiger partial charge in [-0.2, -0.15) is 0 Å². The third-order valence-corrected chi connectivity index (χ3v) is 5.10. The van der Waals surface area contributed by atoms with Crippen molar-refractivity contribution in [2.24, 2.45) is 0 Å². The Balaban J connectivity index is 2.32. The summed E-state index contributed by atoms with van der Waals surface area (Å²) in [5.41, 5.74) is 5.96. The zero-order valence-corrected chi connectivity index (χ0v) is 14.2. The van der Waals surface area contributed by atoms with Crippen molar-refractivity contribution < 1.29 is 0 Å². The van der Waals surface area contributed by atoms with Crippen molar-refractivity contribution in [2.45, 2.75) is 77.5 Å². The van der Waals surface area contributed by atoms with Gasteiger partial charge in [-0.1, -0.05) is 12.1 Å². The summed E-state index contributed by atoms with van der Waals surface area (Å²) in [5.74, 6) is 0. The van der Waals surface area contributed by atoms with Crippen molar-refractivity contribution in [1.82, 2.24) is 10.6 Å². The molecule has 0 unspecified atom stereocenters. The lowest BCUT2D eigenvalue weighted by molar-refractivity contribution is 0.312. The maximum absolute atomic E-state index is 3.77. The van der Waals surface area contributed by atoms with E-state index in [1.54, 1.807) is 0 Å². The highest BCUT2D eigenvalue weighted by Crippen LogP contribution is 2.48. The van der Waals surface area contributed by atoms with Gasteiger partial charge in [0.2, 0.25) is 0 Å². The summed E-state index contributed by atoms with van der Waals surface area (Å²) in [6.07, 6.45) is 0. The van der Waals surface area contributed by atoms with E-state index < -0.39 is 0 Å². The van der Waals surface area contributed by atoms with E-state index in [0.29, 0.717) is 0 Å². The average Bonchev–Trinajstić information content (AvgIpc) is 2.52. The molecule has 2 heteroatoms. The summed E-state index contributed by atoms with van der Waals surface area (Å²) in [4.78, 5) is 0. The van der Waals surface area contributed by atoms with Gasteiger partial charge in [0, 0.05) is 22.2 Å². The van der Waals surface area contributed by atoms with Crippen molar-refractivity contribution in [3.05, 3.63) is 34.4 Å². The number of hydrogen-bond donors (Lipinski definition) is 2. The number of benzene rings is 1. The van der Waals surface area contributed by atoms with E-state index in [-0.39, 0.29) is 22.2 Å². The van der Waals surface area contributed by atoms with Crippen molar-refractivity contribution in [1.29, 1.82) is 0 Å². The second-order valence-corrected chi connectivity index (χ2v) is 8.69. The molecule has 2 nitrogen and oxygen atoms in total. The van der Waals surface area contributed by atoms with Gasteiger partial charge in [0.25, 0.3) is 0 Å². The van der Waals surface area contributed by atoms with E-state index in [9.17, 15) is 0 Å². The Bertz CT molecular complexity index is 491. The Labute approximate surface area is 123 Å². The number of fused-ring (bicyclic) bond motifs is 2. The third kappa shape index (κ3) is 1.71. The third-order valence-electron chi connectivity index (χ3n) is 5.10. The van der Waals surface area contributed by atoms with Gasteiger partial charge in [0.05, 0.1) is 0 Å². The first-order valence-corrected chi connectivity index (χ1v) is 7.65. The molecule has 20 heavy (non-hydrogen) atoms. The summed E-state index contributed by atoms with van der Waals surface area (Å²) in [7, 11) is 0. The van der Waals surface area contributed by atoms with Gasteiger partial charge >= 0.3 is 0 Å². The molecule has 0 bridgehead atoms. The highest BCUT2D eigenvalue weighted by atomic mass is 15.1. The van der Waals surface area contributed by atoms with Crippen LogP contribution in [0.3, 0.4) is 0 Å². The fourth-order valence-corrected chi connectivity index (χ4v) is 4.50. The van der Waals surface area contributed by atoms with E-state index in [2.05, 4.69) is 78.2 Å². The fraction of sp³-hybridized carbons (Fsp3) is 0.667. The molecule has 2 aliphatic heterocycles. The molecule has 2 N–H and O–H groups in total. The molecule has 0 aliphatic carbocycles. The molecular weight excluding hydrogens is 244 g/mol. The van der Waals surface area contributed by atoms with Gasteiger partial charge in [-0.25, -0.2) is 0 Å². The summed E-state index contributed by atoms with van der Waals surface area (Å²) in [6, 6.07) is 4.88. The lowest BCUT2D eigenvalue weighted by Crippen LogP contribution is -2.41. The molecule has 2 aliphatic rings. The summed E-state index contributed by atoms with van der Waals surface area (Å²) in [5, 5.41) is 7.54. The molecule has 0 atom stereocenters. The molecule has 3 rings (SSSR count). The molecule has 0 saturated carbocycles. The van der Waals surface area contributed by atoms with Crippen LogP contribution in [0.2, 0.25) is 0 Å². The average molecular weight is 272 g/mol. The summed E-state index contributed by atoms with van der Waals surface area (Å²) >= 11 is 0. The fourth-order valence-electron chi connectivity index (χ4n) is 4.50. The largest absolute Gasteiger partial charge is 0.299 e. The molecule has 0 saturated heterocycles. The normalized spacial score (nSPS) is 27.2. The van der Waals surface area contributed by atoms with E-state index in [1.807, 2.05) is 0 Å². The first-order valence-electron chi connectivity index (χ1n) is 7.65. The highest BCUT2D eigenvalue weighted by Gasteiger charge is 2.47. The number of nitrogens with one attached hydrogen (secondary N) is 2. The first-order chi connectivity index (χ1) is 8.87. The van der Waals surface area contributed by atoms with Gasteiger partial charge < -0.3 is 0 Å². The van der Waals surface area contributed by atoms with Gasteiger partial charge in [-0.15, -0.1) is 0 Å². The Morgan fingerprint density at radius 2 is 0.700 bits per heavy atom.